The van der Waals surface area contributed by atoms with Gasteiger partial charge < -0.3 is 5.32 Å². The molecule has 0 spiro atoms. The van der Waals surface area contributed by atoms with Crippen molar-refractivity contribution in [3.63, 3.8) is 0 Å². The molecule has 0 saturated heterocycles. The van der Waals surface area contributed by atoms with E-state index in [4.69, 9.17) is 0 Å². The highest BCUT2D eigenvalue weighted by atomic mass is 15.3. The van der Waals surface area contributed by atoms with Crippen molar-refractivity contribution >= 4 is 0 Å². The molecule has 0 bridgehead atoms. The van der Waals surface area contributed by atoms with Crippen molar-refractivity contribution in [1.82, 2.24) is 15.1 Å². The van der Waals surface area contributed by atoms with Gasteiger partial charge in [0, 0.05) is 18.4 Å². The van der Waals surface area contributed by atoms with Gasteiger partial charge in [-0.1, -0.05) is 26.2 Å². The van der Waals surface area contributed by atoms with Gasteiger partial charge in [-0.3, -0.25) is 4.68 Å². The van der Waals surface area contributed by atoms with E-state index in [0.29, 0.717) is 6.04 Å². The topological polar surface area (TPSA) is 29.9 Å². The Morgan fingerprint density at radius 1 is 1.35 bits per heavy atom. The Labute approximate surface area is 105 Å². The quantitative estimate of drug-likeness (QED) is 0.821. The molecule has 1 aliphatic carbocycles. The molecule has 0 aromatic carbocycles. The molecule has 2 rings (SSSR count). The van der Waals surface area contributed by atoms with Gasteiger partial charge in [-0.25, -0.2) is 0 Å². The van der Waals surface area contributed by atoms with Crippen molar-refractivity contribution in [2.24, 2.45) is 5.92 Å². The third-order valence-corrected chi connectivity index (χ3v) is 3.82. The third kappa shape index (κ3) is 3.84. The first-order valence-corrected chi connectivity index (χ1v) is 7.11. The van der Waals surface area contributed by atoms with Gasteiger partial charge in [0.1, 0.15) is 0 Å². The summed E-state index contributed by atoms with van der Waals surface area (Å²) >= 11 is 0. The molecule has 1 saturated carbocycles. The van der Waals surface area contributed by atoms with Crippen molar-refractivity contribution in [2.75, 3.05) is 6.54 Å². The van der Waals surface area contributed by atoms with E-state index in [0.717, 1.165) is 19.0 Å². The minimum Gasteiger partial charge on any atom is -0.312 e. The minimum atomic E-state index is 0.607. The fraction of sp³-hybridized carbons (Fsp3) is 0.786. The summed E-state index contributed by atoms with van der Waals surface area (Å²) in [7, 11) is 0. The van der Waals surface area contributed by atoms with E-state index in [2.05, 4.69) is 28.2 Å². The van der Waals surface area contributed by atoms with Gasteiger partial charge in [-0.15, -0.1) is 0 Å². The number of aromatic nitrogens is 2. The van der Waals surface area contributed by atoms with Crippen LogP contribution >= 0.6 is 0 Å². The van der Waals surface area contributed by atoms with E-state index in [1.807, 2.05) is 12.3 Å². The maximum absolute atomic E-state index is 4.34. The van der Waals surface area contributed by atoms with Crippen LogP contribution in [0.5, 0.6) is 0 Å². The van der Waals surface area contributed by atoms with Crippen molar-refractivity contribution in [1.29, 1.82) is 0 Å². The number of hydrogen-bond acceptors (Lipinski definition) is 2. The van der Waals surface area contributed by atoms with Crippen LogP contribution < -0.4 is 5.32 Å². The molecule has 3 nitrogen and oxygen atoms in total. The first kappa shape index (κ1) is 12.6. The summed E-state index contributed by atoms with van der Waals surface area (Å²) in [6.45, 7) is 4.39. The Morgan fingerprint density at radius 2 is 2.18 bits per heavy atom. The van der Waals surface area contributed by atoms with Crippen molar-refractivity contribution in [3.05, 3.63) is 18.5 Å². The van der Waals surface area contributed by atoms with Gasteiger partial charge in [0.2, 0.25) is 0 Å². The second kappa shape index (κ2) is 6.80. The molecule has 0 amide bonds. The average molecular weight is 235 g/mol. The van der Waals surface area contributed by atoms with Crippen LogP contribution in [0.2, 0.25) is 0 Å². The van der Waals surface area contributed by atoms with Crippen LogP contribution in [-0.2, 0) is 6.54 Å². The molecule has 1 N–H and O–H groups in total. The monoisotopic (exact) mass is 235 g/mol. The van der Waals surface area contributed by atoms with E-state index in [9.17, 15) is 0 Å². The molecule has 1 aromatic rings. The summed E-state index contributed by atoms with van der Waals surface area (Å²) < 4.78 is 2.07. The molecule has 1 heterocycles. The van der Waals surface area contributed by atoms with Crippen molar-refractivity contribution in [3.8, 4) is 0 Å². The van der Waals surface area contributed by atoms with E-state index in [1.165, 1.54) is 38.5 Å². The standard InChI is InChI=1S/C14H25N3/c1-2-9-15-14(12-17-11-6-10-16-17)13-7-4-3-5-8-13/h6,10-11,13-15H,2-5,7-9,12H2,1H3. The normalized spacial score (nSPS) is 19.4. The van der Waals surface area contributed by atoms with Gasteiger partial charge in [-0.05, 0) is 37.8 Å². The molecule has 96 valence electrons. The zero-order chi connectivity index (χ0) is 11.9. The predicted molar refractivity (Wildman–Crippen MR) is 70.9 cm³/mol. The summed E-state index contributed by atoms with van der Waals surface area (Å²) in [6, 6.07) is 2.62. The van der Waals surface area contributed by atoms with Gasteiger partial charge in [-0.2, -0.15) is 5.10 Å². The highest BCUT2D eigenvalue weighted by Gasteiger charge is 2.23. The first-order valence-electron chi connectivity index (χ1n) is 7.11. The zero-order valence-electron chi connectivity index (χ0n) is 10.9. The van der Waals surface area contributed by atoms with Gasteiger partial charge >= 0.3 is 0 Å². The summed E-state index contributed by atoms with van der Waals surface area (Å²) in [5, 5.41) is 8.05. The molecule has 17 heavy (non-hydrogen) atoms. The molecule has 1 fully saturated rings. The summed E-state index contributed by atoms with van der Waals surface area (Å²) in [5.41, 5.74) is 0. The number of nitrogens with one attached hydrogen (secondary N) is 1. The molecule has 1 aromatic heterocycles. The largest absolute Gasteiger partial charge is 0.312 e. The third-order valence-electron chi connectivity index (χ3n) is 3.82. The Kier molecular flexibility index (Phi) is 5.05. The maximum atomic E-state index is 4.34. The van der Waals surface area contributed by atoms with Gasteiger partial charge in [0.25, 0.3) is 0 Å². The smallest absolute Gasteiger partial charge is 0.0565 e. The Bertz CT molecular complexity index is 288. The minimum absolute atomic E-state index is 0.607. The van der Waals surface area contributed by atoms with E-state index >= 15 is 0 Å². The number of rotatable bonds is 6. The zero-order valence-corrected chi connectivity index (χ0v) is 10.9. The van der Waals surface area contributed by atoms with E-state index in [-0.39, 0.29) is 0 Å². The van der Waals surface area contributed by atoms with Crippen LogP contribution in [0.4, 0.5) is 0 Å². The average Bonchev–Trinajstić information content (AvgIpc) is 2.88. The van der Waals surface area contributed by atoms with Gasteiger partial charge in [0.05, 0.1) is 6.54 Å². The lowest BCUT2D eigenvalue weighted by atomic mass is 9.84. The highest BCUT2D eigenvalue weighted by Crippen LogP contribution is 2.27. The van der Waals surface area contributed by atoms with Crippen LogP contribution in [0, 0.1) is 5.92 Å². The Balaban J connectivity index is 1.91. The molecular weight excluding hydrogens is 210 g/mol. The van der Waals surface area contributed by atoms with Crippen LogP contribution in [0.15, 0.2) is 18.5 Å². The Hall–Kier alpha value is -0.830. The first-order chi connectivity index (χ1) is 8.40. The lowest BCUT2D eigenvalue weighted by Gasteiger charge is -2.31. The number of nitrogens with zero attached hydrogens (tertiary/aromatic N) is 2. The van der Waals surface area contributed by atoms with Crippen LogP contribution in [0.25, 0.3) is 0 Å². The SMILES string of the molecule is CCCNC(Cn1cccn1)C1CCCCC1. The molecule has 0 radical (unpaired) electrons. The lowest BCUT2D eigenvalue weighted by molar-refractivity contribution is 0.243. The van der Waals surface area contributed by atoms with E-state index in [1.54, 1.807) is 0 Å². The molecule has 3 heteroatoms. The second-order valence-electron chi connectivity index (χ2n) is 5.19. The fourth-order valence-electron chi connectivity index (χ4n) is 2.86. The molecule has 1 unspecified atom stereocenters. The second-order valence-corrected chi connectivity index (χ2v) is 5.19. The Morgan fingerprint density at radius 3 is 2.82 bits per heavy atom. The molecule has 1 atom stereocenters. The fourth-order valence-corrected chi connectivity index (χ4v) is 2.86. The van der Waals surface area contributed by atoms with Crippen LogP contribution in [-0.4, -0.2) is 22.4 Å². The summed E-state index contributed by atoms with van der Waals surface area (Å²) in [5.74, 6) is 0.847. The van der Waals surface area contributed by atoms with Gasteiger partial charge in [0.15, 0.2) is 0 Å². The summed E-state index contributed by atoms with van der Waals surface area (Å²) in [4.78, 5) is 0. The lowest BCUT2D eigenvalue weighted by Crippen LogP contribution is -2.41. The predicted octanol–water partition coefficient (Wildman–Crippen LogP) is 2.83. The highest BCUT2D eigenvalue weighted by molar-refractivity contribution is 4.83. The molecule has 0 aliphatic heterocycles. The molecular formula is C14H25N3. The van der Waals surface area contributed by atoms with Crippen LogP contribution in [0.1, 0.15) is 45.4 Å². The summed E-state index contributed by atoms with van der Waals surface area (Å²) in [6.07, 6.45) is 12.2. The van der Waals surface area contributed by atoms with Crippen molar-refractivity contribution in [2.45, 2.75) is 58.0 Å². The number of hydrogen-bond donors (Lipinski definition) is 1. The van der Waals surface area contributed by atoms with E-state index < -0.39 is 0 Å². The maximum Gasteiger partial charge on any atom is 0.0565 e. The van der Waals surface area contributed by atoms with Crippen molar-refractivity contribution < 1.29 is 0 Å². The molecule has 1 aliphatic rings. The van der Waals surface area contributed by atoms with Crippen LogP contribution in [0.3, 0.4) is 0 Å².